The molecule has 0 amide bonds. The van der Waals surface area contributed by atoms with Crippen molar-refractivity contribution in [2.45, 2.75) is 0 Å². The maximum atomic E-state index is 11.3. The number of methoxy groups -OCH3 is 1. The molecule has 0 aliphatic rings. The highest BCUT2D eigenvalue weighted by atomic mass is 32.1. The lowest BCUT2D eigenvalue weighted by Crippen LogP contribution is -1.97. The topological polar surface area (TPSA) is 39.4 Å². The zero-order valence-corrected chi connectivity index (χ0v) is 11.7. The number of carbonyl (C=O) groups is 1. The minimum atomic E-state index is -0.457. The lowest BCUT2D eigenvalue weighted by molar-refractivity contribution is 0.0566. The van der Waals surface area contributed by atoms with Crippen molar-refractivity contribution < 1.29 is 13.9 Å². The van der Waals surface area contributed by atoms with Gasteiger partial charge in [-0.15, -0.1) is 22.7 Å². The van der Waals surface area contributed by atoms with Crippen LogP contribution in [0.3, 0.4) is 0 Å². The second-order valence-corrected chi connectivity index (χ2v) is 5.83. The van der Waals surface area contributed by atoms with Gasteiger partial charge in [0.15, 0.2) is 0 Å². The molecule has 0 aliphatic carbocycles. The van der Waals surface area contributed by atoms with Gasteiger partial charge in [-0.3, -0.25) is 0 Å². The molecule has 5 heteroatoms. The fraction of sp³-hybridized carbons (Fsp3) is 0.0714. The highest BCUT2D eigenvalue weighted by Gasteiger charge is 2.14. The molecule has 0 fully saturated rings. The van der Waals surface area contributed by atoms with Crippen LogP contribution in [0, 0.1) is 0 Å². The summed E-state index contributed by atoms with van der Waals surface area (Å²) in [5, 5.41) is 2.05. The van der Waals surface area contributed by atoms with E-state index in [0.29, 0.717) is 5.76 Å². The normalized spacial score (nSPS) is 10.6. The monoisotopic (exact) mass is 290 g/mol. The van der Waals surface area contributed by atoms with E-state index >= 15 is 0 Å². The smallest absolute Gasteiger partial charge is 0.373 e. The summed E-state index contributed by atoms with van der Waals surface area (Å²) in [5.41, 5.74) is 0. The maximum Gasteiger partial charge on any atom is 0.373 e. The van der Waals surface area contributed by atoms with Crippen molar-refractivity contribution in [3.8, 4) is 20.4 Å². The van der Waals surface area contributed by atoms with E-state index in [4.69, 9.17) is 4.42 Å². The summed E-state index contributed by atoms with van der Waals surface area (Å²) in [7, 11) is 1.34. The Balaban J connectivity index is 1.91. The van der Waals surface area contributed by atoms with Crippen LogP contribution in [0.25, 0.3) is 20.4 Å². The molecule has 0 N–H and O–H groups in total. The molecule has 3 aromatic rings. The van der Waals surface area contributed by atoms with Crippen molar-refractivity contribution in [3.05, 3.63) is 47.5 Å². The number of hydrogen-bond acceptors (Lipinski definition) is 5. The molecule has 0 saturated heterocycles. The number of carbonyl (C=O) groups excluding carboxylic acids is 1. The third-order valence-corrected chi connectivity index (χ3v) is 4.77. The minimum absolute atomic E-state index is 0.226. The quantitative estimate of drug-likeness (QED) is 0.666. The van der Waals surface area contributed by atoms with Gasteiger partial charge in [-0.1, -0.05) is 6.07 Å². The van der Waals surface area contributed by atoms with Crippen LogP contribution < -0.4 is 0 Å². The van der Waals surface area contributed by atoms with Gasteiger partial charge in [-0.2, -0.15) is 0 Å². The van der Waals surface area contributed by atoms with Crippen LogP contribution >= 0.6 is 22.7 Å². The van der Waals surface area contributed by atoms with Crippen LogP contribution in [0.1, 0.15) is 10.6 Å². The Hall–Kier alpha value is -1.85. The molecule has 3 rings (SSSR count). The van der Waals surface area contributed by atoms with E-state index in [9.17, 15) is 4.79 Å². The van der Waals surface area contributed by atoms with E-state index in [1.165, 1.54) is 16.9 Å². The zero-order valence-electron chi connectivity index (χ0n) is 10.1. The molecular formula is C14H10O3S2. The Bertz CT molecular complexity index is 692. The summed E-state index contributed by atoms with van der Waals surface area (Å²) < 4.78 is 10.1. The lowest BCUT2D eigenvalue weighted by Gasteiger charge is -1.93. The molecule has 96 valence electrons. The minimum Gasteiger partial charge on any atom is -0.463 e. The van der Waals surface area contributed by atoms with E-state index < -0.39 is 5.97 Å². The second kappa shape index (κ2) is 5.03. The summed E-state index contributed by atoms with van der Waals surface area (Å²) in [4.78, 5) is 14.8. The average molecular weight is 290 g/mol. The van der Waals surface area contributed by atoms with Gasteiger partial charge < -0.3 is 9.15 Å². The van der Waals surface area contributed by atoms with Crippen molar-refractivity contribution in [1.82, 2.24) is 0 Å². The predicted molar refractivity (Wildman–Crippen MR) is 76.7 cm³/mol. The van der Waals surface area contributed by atoms with Crippen LogP contribution in [-0.2, 0) is 4.74 Å². The van der Waals surface area contributed by atoms with Crippen LogP contribution in [0.2, 0.25) is 0 Å². The molecule has 3 aromatic heterocycles. The molecule has 0 aromatic carbocycles. The first-order chi connectivity index (χ1) is 9.28. The molecule has 19 heavy (non-hydrogen) atoms. The number of rotatable bonds is 3. The molecule has 0 aliphatic heterocycles. The molecule has 3 nitrogen and oxygen atoms in total. The van der Waals surface area contributed by atoms with Crippen LogP contribution in [-0.4, -0.2) is 13.1 Å². The Morgan fingerprint density at radius 2 is 1.95 bits per heavy atom. The lowest BCUT2D eigenvalue weighted by atomic mass is 10.3. The first-order valence-electron chi connectivity index (χ1n) is 5.60. The maximum absolute atomic E-state index is 11.3. The highest BCUT2D eigenvalue weighted by Crippen LogP contribution is 2.37. The third kappa shape index (κ3) is 2.34. The molecule has 0 atom stereocenters. The van der Waals surface area contributed by atoms with E-state index in [0.717, 1.165) is 4.88 Å². The van der Waals surface area contributed by atoms with Crippen LogP contribution in [0.15, 0.2) is 46.2 Å². The number of thiophene rings is 2. The van der Waals surface area contributed by atoms with Crippen molar-refractivity contribution in [3.63, 3.8) is 0 Å². The fourth-order valence-corrected chi connectivity index (χ4v) is 3.50. The van der Waals surface area contributed by atoms with E-state index in [1.54, 1.807) is 34.8 Å². The largest absolute Gasteiger partial charge is 0.463 e. The van der Waals surface area contributed by atoms with Gasteiger partial charge in [0.25, 0.3) is 0 Å². The molecule has 0 radical (unpaired) electrons. The molecule has 0 saturated carbocycles. The summed E-state index contributed by atoms with van der Waals surface area (Å²) in [5.74, 6) is 0.457. The number of esters is 1. The zero-order chi connectivity index (χ0) is 13.2. The van der Waals surface area contributed by atoms with Gasteiger partial charge in [-0.05, 0) is 35.7 Å². The SMILES string of the molecule is COC(=O)c1ccc(-c2ccc(-c3cccs3)s2)o1. The summed E-state index contributed by atoms with van der Waals surface area (Å²) in [6.07, 6.45) is 0. The molecule has 3 heterocycles. The number of furan rings is 1. The average Bonchev–Trinajstić information content (AvgIpc) is 3.14. The number of ether oxygens (including phenoxy) is 1. The Morgan fingerprint density at radius 3 is 2.68 bits per heavy atom. The Morgan fingerprint density at radius 1 is 1.11 bits per heavy atom. The van der Waals surface area contributed by atoms with E-state index in [1.807, 2.05) is 12.1 Å². The van der Waals surface area contributed by atoms with Gasteiger partial charge in [-0.25, -0.2) is 4.79 Å². The molecule has 0 unspecified atom stereocenters. The van der Waals surface area contributed by atoms with Gasteiger partial charge in [0.05, 0.1) is 12.0 Å². The standard InChI is InChI=1S/C14H10O3S2/c1-16-14(15)10-5-4-9(17-10)11-6-7-13(19-11)12-3-2-8-18-12/h2-8H,1H3. The summed E-state index contributed by atoms with van der Waals surface area (Å²) in [6.45, 7) is 0. The van der Waals surface area contributed by atoms with Crippen LogP contribution in [0.5, 0.6) is 0 Å². The van der Waals surface area contributed by atoms with E-state index in [2.05, 4.69) is 22.2 Å². The second-order valence-electron chi connectivity index (χ2n) is 3.80. The molecular weight excluding hydrogens is 280 g/mol. The highest BCUT2D eigenvalue weighted by molar-refractivity contribution is 7.23. The van der Waals surface area contributed by atoms with Gasteiger partial charge in [0.1, 0.15) is 5.76 Å². The number of hydrogen-bond donors (Lipinski definition) is 0. The van der Waals surface area contributed by atoms with Crippen molar-refractivity contribution in [2.24, 2.45) is 0 Å². The first-order valence-corrected chi connectivity index (χ1v) is 7.30. The van der Waals surface area contributed by atoms with Crippen molar-refractivity contribution in [2.75, 3.05) is 7.11 Å². The summed E-state index contributed by atoms with van der Waals surface area (Å²) in [6, 6.07) is 11.6. The predicted octanol–water partition coefficient (Wildman–Crippen LogP) is 4.52. The third-order valence-electron chi connectivity index (χ3n) is 2.61. The van der Waals surface area contributed by atoms with Crippen molar-refractivity contribution >= 4 is 28.6 Å². The van der Waals surface area contributed by atoms with Gasteiger partial charge in [0, 0.05) is 9.75 Å². The van der Waals surface area contributed by atoms with Gasteiger partial charge in [0.2, 0.25) is 5.76 Å². The van der Waals surface area contributed by atoms with Gasteiger partial charge >= 0.3 is 5.97 Å². The van der Waals surface area contributed by atoms with Crippen LogP contribution in [0.4, 0.5) is 0 Å². The molecule has 0 bridgehead atoms. The summed E-state index contributed by atoms with van der Waals surface area (Å²) >= 11 is 3.34. The molecule has 0 spiro atoms. The first kappa shape index (κ1) is 12.2. The Kier molecular flexibility index (Phi) is 3.23. The van der Waals surface area contributed by atoms with E-state index in [-0.39, 0.29) is 5.76 Å². The Labute approximate surface area is 118 Å². The van der Waals surface area contributed by atoms with Crippen molar-refractivity contribution in [1.29, 1.82) is 0 Å². The fourth-order valence-electron chi connectivity index (χ4n) is 1.70.